The summed E-state index contributed by atoms with van der Waals surface area (Å²) in [5.74, 6) is 0.283. The summed E-state index contributed by atoms with van der Waals surface area (Å²) in [5, 5.41) is 35.4. The molecule has 1 heterocycles. The van der Waals surface area contributed by atoms with Crippen molar-refractivity contribution in [1.29, 1.82) is 0 Å². The van der Waals surface area contributed by atoms with Crippen molar-refractivity contribution in [2.45, 2.75) is 38.9 Å². The maximum Gasteiger partial charge on any atom is 0.488 e. The average Bonchev–Trinajstić information content (AvgIpc) is 2.15. The quantitative estimate of drug-likeness (QED) is 0.427. The van der Waals surface area contributed by atoms with Crippen molar-refractivity contribution in [2.24, 2.45) is 0 Å². The Bertz CT molecular complexity index is 360. The maximum atomic E-state index is 9.10. The molecule has 0 aliphatic heterocycles. The molecule has 0 atom stereocenters. The molecular formula is C11H21BN2O4. The van der Waals surface area contributed by atoms with Crippen LogP contribution >= 0.6 is 0 Å². The van der Waals surface area contributed by atoms with Gasteiger partial charge in [0.15, 0.2) is 0 Å². The first-order valence-electron chi connectivity index (χ1n) is 5.47. The highest BCUT2D eigenvalue weighted by Gasteiger charge is 2.31. The van der Waals surface area contributed by atoms with Gasteiger partial charge in [-0.2, -0.15) is 0 Å². The number of nitrogens with zero attached hydrogens (tertiary/aromatic N) is 1. The van der Waals surface area contributed by atoms with Crippen molar-refractivity contribution >= 4 is 18.4 Å². The van der Waals surface area contributed by atoms with Gasteiger partial charge in [-0.1, -0.05) is 0 Å². The summed E-state index contributed by atoms with van der Waals surface area (Å²) in [6.45, 7) is 6.31. The molecule has 6 nitrogen and oxygen atoms in total. The van der Waals surface area contributed by atoms with E-state index in [0.717, 1.165) is 0 Å². The van der Waals surface area contributed by atoms with Gasteiger partial charge in [-0.25, -0.2) is 4.98 Å². The molecule has 0 bridgehead atoms. The monoisotopic (exact) mass is 256 g/mol. The largest absolute Gasteiger partial charge is 0.488 e. The van der Waals surface area contributed by atoms with E-state index in [9.17, 15) is 0 Å². The molecule has 6 N–H and O–H groups in total. The zero-order chi connectivity index (χ0) is 14.6. The number of rotatable bonds is 2. The van der Waals surface area contributed by atoms with Crippen LogP contribution in [0.2, 0.25) is 0 Å². The molecule has 0 spiro atoms. The van der Waals surface area contributed by atoms with Crippen LogP contribution < -0.4 is 11.2 Å². The summed E-state index contributed by atoms with van der Waals surface area (Å²) in [6.07, 6.45) is 1.42. The van der Waals surface area contributed by atoms with Crippen LogP contribution in [-0.4, -0.2) is 43.6 Å². The normalized spacial score (nSPS) is 11.6. The fourth-order valence-electron chi connectivity index (χ4n) is 0.626. The van der Waals surface area contributed by atoms with E-state index in [1.807, 2.05) is 0 Å². The number of hydrogen-bond acceptors (Lipinski definition) is 6. The second kappa shape index (κ2) is 6.15. The Morgan fingerprint density at radius 2 is 1.56 bits per heavy atom. The molecule has 18 heavy (non-hydrogen) atoms. The summed E-state index contributed by atoms with van der Waals surface area (Å²) in [4.78, 5) is 3.68. The van der Waals surface area contributed by atoms with E-state index in [4.69, 9.17) is 26.0 Å². The molecule has 0 aliphatic carbocycles. The number of aromatic nitrogens is 1. The molecule has 0 amide bonds. The third-order valence-electron chi connectivity index (χ3n) is 2.60. The van der Waals surface area contributed by atoms with Gasteiger partial charge in [0, 0.05) is 6.20 Å². The second-order valence-corrected chi connectivity index (χ2v) is 5.01. The molecule has 1 aromatic heterocycles. The Kier molecular flexibility index (Phi) is 5.76. The lowest BCUT2D eigenvalue weighted by molar-refractivity contribution is -0.107. The van der Waals surface area contributed by atoms with Gasteiger partial charge in [-0.15, -0.1) is 0 Å². The highest BCUT2D eigenvalue weighted by Crippen LogP contribution is 2.19. The molecule has 0 fully saturated rings. The molecular weight excluding hydrogens is 235 g/mol. The Morgan fingerprint density at radius 1 is 1.11 bits per heavy atom. The third kappa shape index (κ3) is 5.97. The SMILES string of the molecule is CC(C)(O)C(C)(C)O.Nc1cc(B(O)O)ccn1. The van der Waals surface area contributed by atoms with Gasteiger partial charge in [0.1, 0.15) is 5.82 Å². The standard InChI is InChI=1S/C6H14O2.C5H7BN2O2/c1-5(2,7)6(3,4)8;7-5-3-4(6(9)10)1-2-8-5/h7-8H,1-4H3;1-3,9-10H,(H2,7,8). The molecule has 102 valence electrons. The molecule has 7 heteroatoms. The van der Waals surface area contributed by atoms with Gasteiger partial charge in [-0.05, 0) is 45.3 Å². The van der Waals surface area contributed by atoms with Gasteiger partial charge in [0.25, 0.3) is 0 Å². The van der Waals surface area contributed by atoms with Crippen LogP contribution in [0.15, 0.2) is 18.3 Å². The molecule has 0 saturated heterocycles. The summed E-state index contributed by atoms with van der Waals surface area (Å²) >= 11 is 0. The lowest BCUT2D eigenvalue weighted by atomic mass is 9.81. The van der Waals surface area contributed by atoms with E-state index in [2.05, 4.69) is 4.98 Å². The van der Waals surface area contributed by atoms with Crippen molar-refractivity contribution < 1.29 is 20.3 Å². The zero-order valence-electron chi connectivity index (χ0n) is 11.1. The number of anilines is 1. The summed E-state index contributed by atoms with van der Waals surface area (Å²) < 4.78 is 0. The van der Waals surface area contributed by atoms with E-state index in [1.54, 1.807) is 27.7 Å². The number of hydrogen-bond donors (Lipinski definition) is 5. The van der Waals surface area contributed by atoms with Crippen LogP contribution in [0.5, 0.6) is 0 Å². The first-order chi connectivity index (χ1) is 7.95. The Labute approximate surface area is 107 Å². The van der Waals surface area contributed by atoms with Gasteiger partial charge >= 0.3 is 7.12 Å². The Hall–Kier alpha value is -1.15. The smallest absolute Gasteiger partial charge is 0.423 e. The molecule has 0 saturated carbocycles. The van der Waals surface area contributed by atoms with E-state index >= 15 is 0 Å². The van der Waals surface area contributed by atoms with E-state index < -0.39 is 18.3 Å². The molecule has 0 aliphatic rings. The van der Waals surface area contributed by atoms with Crippen molar-refractivity contribution in [3.05, 3.63) is 18.3 Å². The molecule has 0 radical (unpaired) electrons. The Morgan fingerprint density at radius 3 is 1.78 bits per heavy atom. The van der Waals surface area contributed by atoms with Crippen LogP contribution in [0.3, 0.4) is 0 Å². The first-order valence-corrected chi connectivity index (χ1v) is 5.47. The molecule has 1 rings (SSSR count). The van der Waals surface area contributed by atoms with Crippen molar-refractivity contribution in [3.8, 4) is 0 Å². The number of nitrogen functional groups attached to an aromatic ring is 1. The minimum Gasteiger partial charge on any atom is -0.423 e. The number of pyridine rings is 1. The van der Waals surface area contributed by atoms with Crippen LogP contribution in [-0.2, 0) is 0 Å². The van der Waals surface area contributed by atoms with Gasteiger partial charge in [0.2, 0.25) is 0 Å². The van der Waals surface area contributed by atoms with Crippen LogP contribution in [0.25, 0.3) is 0 Å². The topological polar surface area (TPSA) is 120 Å². The van der Waals surface area contributed by atoms with Crippen molar-refractivity contribution in [3.63, 3.8) is 0 Å². The lowest BCUT2D eigenvalue weighted by Crippen LogP contribution is -2.44. The van der Waals surface area contributed by atoms with E-state index in [0.29, 0.717) is 5.46 Å². The van der Waals surface area contributed by atoms with Gasteiger partial charge < -0.3 is 26.0 Å². The predicted molar refractivity (Wildman–Crippen MR) is 71.1 cm³/mol. The van der Waals surface area contributed by atoms with Crippen LogP contribution in [0, 0.1) is 0 Å². The number of aliphatic hydroxyl groups is 2. The van der Waals surface area contributed by atoms with Crippen LogP contribution in [0.1, 0.15) is 27.7 Å². The highest BCUT2D eigenvalue weighted by molar-refractivity contribution is 6.58. The second-order valence-electron chi connectivity index (χ2n) is 5.01. The summed E-state index contributed by atoms with van der Waals surface area (Å²) in [5.41, 5.74) is 3.60. The first kappa shape index (κ1) is 16.9. The highest BCUT2D eigenvalue weighted by atomic mass is 16.4. The van der Waals surface area contributed by atoms with E-state index in [1.165, 1.54) is 18.3 Å². The summed E-state index contributed by atoms with van der Waals surface area (Å²) in [7, 11) is -1.47. The molecule has 0 unspecified atom stereocenters. The van der Waals surface area contributed by atoms with E-state index in [-0.39, 0.29) is 5.82 Å². The van der Waals surface area contributed by atoms with Gasteiger partial charge in [-0.3, -0.25) is 0 Å². The molecule has 1 aromatic rings. The summed E-state index contributed by atoms with van der Waals surface area (Å²) in [6, 6.07) is 2.89. The Balaban J connectivity index is 0.000000331. The van der Waals surface area contributed by atoms with Crippen molar-refractivity contribution in [1.82, 2.24) is 4.98 Å². The fraction of sp³-hybridized carbons (Fsp3) is 0.545. The van der Waals surface area contributed by atoms with Gasteiger partial charge in [0.05, 0.1) is 11.2 Å². The predicted octanol–water partition coefficient (Wildman–Crippen LogP) is -1.13. The average molecular weight is 256 g/mol. The van der Waals surface area contributed by atoms with Crippen LogP contribution in [0.4, 0.5) is 5.82 Å². The minimum atomic E-state index is -1.47. The van der Waals surface area contributed by atoms with Crippen molar-refractivity contribution in [2.75, 3.05) is 5.73 Å². The zero-order valence-corrected chi connectivity index (χ0v) is 11.1. The number of nitrogens with two attached hydrogens (primary N) is 1. The fourth-order valence-corrected chi connectivity index (χ4v) is 0.626. The minimum absolute atomic E-state index is 0.283. The molecule has 0 aromatic carbocycles. The maximum absolute atomic E-state index is 9.10. The lowest BCUT2D eigenvalue weighted by Gasteiger charge is -2.31. The third-order valence-corrected chi connectivity index (χ3v) is 2.60.